The molecule has 0 spiro atoms. The number of carbonyl (C=O) groups excluding carboxylic acids is 1. The topological polar surface area (TPSA) is 79.4 Å². The highest BCUT2D eigenvalue weighted by Crippen LogP contribution is 2.23. The molecule has 1 amide bonds. The minimum absolute atomic E-state index is 0.0262. The van der Waals surface area contributed by atoms with E-state index in [0.717, 1.165) is 63.5 Å². The lowest BCUT2D eigenvalue weighted by molar-refractivity contribution is 0.102. The lowest BCUT2D eigenvalue weighted by atomic mass is 10.1. The fourth-order valence-corrected chi connectivity index (χ4v) is 3.78. The molecule has 0 saturated carbocycles. The zero-order valence-corrected chi connectivity index (χ0v) is 15.9. The SMILES string of the molecule is CN1CCN(Cc2ccc(NC(=O)c3cc4n(n3)CCCC4N)cc2)CC1. The number of likely N-dealkylation sites (N-methyl/N-ethyl adjacent to an activating group) is 1. The molecule has 0 aliphatic carbocycles. The van der Waals surface area contributed by atoms with E-state index < -0.39 is 0 Å². The van der Waals surface area contributed by atoms with Crippen LogP contribution < -0.4 is 11.1 Å². The van der Waals surface area contributed by atoms with Crippen molar-refractivity contribution in [1.29, 1.82) is 0 Å². The van der Waals surface area contributed by atoms with Gasteiger partial charge in [-0.15, -0.1) is 0 Å². The Morgan fingerprint density at radius 3 is 2.63 bits per heavy atom. The number of anilines is 1. The molecule has 1 aromatic carbocycles. The van der Waals surface area contributed by atoms with Gasteiger partial charge in [-0.1, -0.05) is 12.1 Å². The fraction of sp³-hybridized carbons (Fsp3) is 0.500. The van der Waals surface area contributed by atoms with Crippen LogP contribution in [0.4, 0.5) is 5.69 Å². The van der Waals surface area contributed by atoms with Gasteiger partial charge in [0.05, 0.1) is 5.69 Å². The number of amides is 1. The van der Waals surface area contributed by atoms with Gasteiger partial charge >= 0.3 is 0 Å². The zero-order valence-electron chi connectivity index (χ0n) is 15.9. The quantitative estimate of drug-likeness (QED) is 0.858. The number of piperazine rings is 1. The van der Waals surface area contributed by atoms with Crippen molar-refractivity contribution >= 4 is 11.6 Å². The van der Waals surface area contributed by atoms with E-state index in [2.05, 4.69) is 39.4 Å². The lowest BCUT2D eigenvalue weighted by Crippen LogP contribution is -2.43. The standard InChI is InChI=1S/C20H28N6O/c1-24-9-11-25(12-10-24)14-15-4-6-16(7-5-15)22-20(27)18-13-19-17(21)3-2-8-26(19)23-18/h4-7,13,17H,2-3,8-12,14,21H2,1H3,(H,22,27). The van der Waals surface area contributed by atoms with Crippen molar-refractivity contribution in [3.05, 3.63) is 47.3 Å². The molecule has 0 bridgehead atoms. The smallest absolute Gasteiger partial charge is 0.276 e. The molecule has 2 aliphatic heterocycles. The molecular formula is C20H28N6O. The minimum atomic E-state index is -0.184. The lowest BCUT2D eigenvalue weighted by Gasteiger charge is -2.32. The van der Waals surface area contributed by atoms with Crippen LogP contribution in [-0.4, -0.2) is 58.7 Å². The molecule has 4 rings (SSSR count). The van der Waals surface area contributed by atoms with E-state index in [4.69, 9.17) is 5.73 Å². The van der Waals surface area contributed by atoms with Crippen LogP contribution in [0.15, 0.2) is 30.3 Å². The summed E-state index contributed by atoms with van der Waals surface area (Å²) >= 11 is 0. The Morgan fingerprint density at radius 2 is 1.93 bits per heavy atom. The summed E-state index contributed by atoms with van der Waals surface area (Å²) in [5, 5.41) is 7.36. The maximum Gasteiger partial charge on any atom is 0.276 e. The summed E-state index contributed by atoms with van der Waals surface area (Å²) in [5.41, 5.74) is 9.56. The molecule has 1 fully saturated rings. The Hall–Kier alpha value is -2.22. The first-order valence-corrected chi connectivity index (χ1v) is 9.73. The molecule has 2 aromatic rings. The van der Waals surface area contributed by atoms with Gasteiger partial charge < -0.3 is 16.0 Å². The Kier molecular flexibility index (Phi) is 5.24. The molecule has 0 radical (unpaired) electrons. The van der Waals surface area contributed by atoms with Gasteiger partial charge in [0.15, 0.2) is 5.69 Å². The van der Waals surface area contributed by atoms with E-state index in [1.807, 2.05) is 22.9 Å². The number of fused-ring (bicyclic) bond motifs is 1. The van der Waals surface area contributed by atoms with Crippen LogP contribution in [0.3, 0.4) is 0 Å². The van der Waals surface area contributed by atoms with Crippen LogP contribution in [-0.2, 0) is 13.1 Å². The Labute approximate surface area is 160 Å². The van der Waals surface area contributed by atoms with Gasteiger partial charge in [0, 0.05) is 51.0 Å². The van der Waals surface area contributed by atoms with E-state index in [1.54, 1.807) is 0 Å². The summed E-state index contributed by atoms with van der Waals surface area (Å²) in [6, 6.07) is 9.89. The molecule has 7 nitrogen and oxygen atoms in total. The van der Waals surface area contributed by atoms with Gasteiger partial charge in [-0.05, 0) is 43.7 Å². The second-order valence-electron chi connectivity index (χ2n) is 7.66. The first-order chi connectivity index (χ1) is 13.1. The van der Waals surface area contributed by atoms with Crippen molar-refractivity contribution in [2.24, 2.45) is 5.73 Å². The number of hydrogen-bond donors (Lipinski definition) is 2. The molecule has 1 aromatic heterocycles. The highest BCUT2D eigenvalue weighted by atomic mass is 16.1. The average Bonchev–Trinajstić information content (AvgIpc) is 3.11. The molecule has 3 N–H and O–H groups in total. The van der Waals surface area contributed by atoms with Gasteiger partial charge in [-0.25, -0.2) is 0 Å². The summed E-state index contributed by atoms with van der Waals surface area (Å²) in [7, 11) is 2.17. The Balaban J connectivity index is 1.36. The predicted octanol–water partition coefficient (Wildman–Crippen LogP) is 1.68. The molecule has 27 heavy (non-hydrogen) atoms. The maximum absolute atomic E-state index is 12.5. The maximum atomic E-state index is 12.5. The Bertz CT molecular complexity index is 791. The van der Waals surface area contributed by atoms with E-state index in [0.29, 0.717) is 5.69 Å². The third-order valence-electron chi connectivity index (χ3n) is 5.52. The third kappa shape index (κ3) is 4.21. The molecule has 1 unspecified atom stereocenters. The van der Waals surface area contributed by atoms with Crippen molar-refractivity contribution < 1.29 is 4.79 Å². The second-order valence-corrected chi connectivity index (χ2v) is 7.66. The third-order valence-corrected chi connectivity index (χ3v) is 5.52. The van der Waals surface area contributed by atoms with Crippen LogP contribution in [0.2, 0.25) is 0 Å². The van der Waals surface area contributed by atoms with E-state index in [-0.39, 0.29) is 11.9 Å². The molecule has 3 heterocycles. The first kappa shape index (κ1) is 18.2. The van der Waals surface area contributed by atoms with Crippen molar-refractivity contribution in [1.82, 2.24) is 19.6 Å². The summed E-state index contributed by atoms with van der Waals surface area (Å²) in [5.74, 6) is -0.184. The van der Waals surface area contributed by atoms with Gasteiger partial charge in [0.25, 0.3) is 5.91 Å². The zero-order chi connectivity index (χ0) is 18.8. The summed E-state index contributed by atoms with van der Waals surface area (Å²) in [6.07, 6.45) is 1.95. The number of carbonyl (C=O) groups is 1. The normalized spacial score (nSPS) is 21.0. The van der Waals surface area contributed by atoms with Crippen LogP contribution in [0.1, 0.15) is 40.6 Å². The predicted molar refractivity (Wildman–Crippen MR) is 106 cm³/mol. The van der Waals surface area contributed by atoms with Crippen molar-refractivity contribution in [3.8, 4) is 0 Å². The van der Waals surface area contributed by atoms with E-state index >= 15 is 0 Å². The largest absolute Gasteiger partial charge is 0.323 e. The fourth-order valence-electron chi connectivity index (χ4n) is 3.78. The number of aromatic nitrogens is 2. The van der Waals surface area contributed by atoms with Crippen molar-refractivity contribution in [2.45, 2.75) is 32.0 Å². The number of nitrogens with zero attached hydrogens (tertiary/aromatic N) is 4. The van der Waals surface area contributed by atoms with Crippen molar-refractivity contribution in [2.75, 3.05) is 38.5 Å². The highest BCUT2D eigenvalue weighted by molar-refractivity contribution is 6.02. The highest BCUT2D eigenvalue weighted by Gasteiger charge is 2.22. The first-order valence-electron chi connectivity index (χ1n) is 9.73. The van der Waals surface area contributed by atoms with Crippen LogP contribution in [0.25, 0.3) is 0 Å². The van der Waals surface area contributed by atoms with Gasteiger partial charge in [0.1, 0.15) is 0 Å². The number of benzene rings is 1. The van der Waals surface area contributed by atoms with E-state index in [9.17, 15) is 4.79 Å². The van der Waals surface area contributed by atoms with Gasteiger partial charge in [0.2, 0.25) is 0 Å². The van der Waals surface area contributed by atoms with Gasteiger partial charge in [-0.3, -0.25) is 14.4 Å². The van der Waals surface area contributed by atoms with Crippen LogP contribution in [0.5, 0.6) is 0 Å². The number of nitrogens with two attached hydrogens (primary N) is 1. The molecular weight excluding hydrogens is 340 g/mol. The second kappa shape index (κ2) is 7.80. The van der Waals surface area contributed by atoms with Crippen LogP contribution >= 0.6 is 0 Å². The van der Waals surface area contributed by atoms with Gasteiger partial charge in [-0.2, -0.15) is 5.10 Å². The summed E-state index contributed by atoms with van der Waals surface area (Å²) in [6.45, 7) is 6.22. The molecule has 1 saturated heterocycles. The molecule has 1 atom stereocenters. The van der Waals surface area contributed by atoms with Crippen LogP contribution in [0, 0.1) is 0 Å². The van der Waals surface area contributed by atoms with Crippen molar-refractivity contribution in [3.63, 3.8) is 0 Å². The number of hydrogen-bond acceptors (Lipinski definition) is 5. The number of rotatable bonds is 4. The molecule has 7 heteroatoms. The monoisotopic (exact) mass is 368 g/mol. The summed E-state index contributed by atoms with van der Waals surface area (Å²) < 4.78 is 1.86. The summed E-state index contributed by atoms with van der Waals surface area (Å²) in [4.78, 5) is 17.4. The number of aryl methyl sites for hydroxylation is 1. The average molecular weight is 368 g/mol. The molecule has 2 aliphatic rings. The van der Waals surface area contributed by atoms with E-state index in [1.165, 1.54) is 5.56 Å². The minimum Gasteiger partial charge on any atom is -0.323 e. The molecule has 144 valence electrons. The number of nitrogens with one attached hydrogen (secondary N) is 1. The Morgan fingerprint density at radius 1 is 1.19 bits per heavy atom.